The molecule has 1 aliphatic heterocycles. The molecule has 1 amide bonds. The molecule has 8 heteroatoms. The molecular weight excluding hydrogens is 278 g/mol. The summed E-state index contributed by atoms with van der Waals surface area (Å²) in [4.78, 5) is 42.9. The standard InChI is InChI=1S/C13H11N3O5/c17-11-2-1-7(5-21-11)12(18)16-4-9-8(14-6-15-9)3-10(16)13(19)20/h1-2,5-6,10H,3-4H2,(H,14,15)(H,19,20). The summed E-state index contributed by atoms with van der Waals surface area (Å²) in [5, 5.41) is 9.31. The van der Waals surface area contributed by atoms with Gasteiger partial charge in [-0.15, -0.1) is 0 Å². The Bertz CT molecular complexity index is 743. The predicted molar refractivity (Wildman–Crippen MR) is 68.6 cm³/mol. The second-order valence-electron chi connectivity index (χ2n) is 4.66. The van der Waals surface area contributed by atoms with Crippen LogP contribution >= 0.6 is 0 Å². The molecule has 21 heavy (non-hydrogen) atoms. The Labute approximate surface area is 118 Å². The molecule has 1 atom stereocenters. The molecule has 1 aliphatic rings. The van der Waals surface area contributed by atoms with Gasteiger partial charge in [0.1, 0.15) is 12.3 Å². The minimum absolute atomic E-state index is 0.115. The number of aromatic nitrogens is 2. The number of aromatic amines is 1. The fourth-order valence-electron chi connectivity index (χ4n) is 2.32. The third-order valence-corrected chi connectivity index (χ3v) is 3.39. The Morgan fingerprint density at radius 2 is 2.24 bits per heavy atom. The van der Waals surface area contributed by atoms with Crippen molar-refractivity contribution in [3.05, 3.63) is 52.1 Å². The lowest BCUT2D eigenvalue weighted by Crippen LogP contribution is -2.48. The fraction of sp³-hybridized carbons (Fsp3) is 0.231. The highest BCUT2D eigenvalue weighted by Gasteiger charge is 2.36. The van der Waals surface area contributed by atoms with Gasteiger partial charge in [-0.3, -0.25) is 4.79 Å². The summed E-state index contributed by atoms with van der Waals surface area (Å²) >= 11 is 0. The van der Waals surface area contributed by atoms with E-state index in [1.54, 1.807) is 0 Å². The van der Waals surface area contributed by atoms with Gasteiger partial charge in [0.05, 0.1) is 29.8 Å². The molecule has 0 aromatic carbocycles. The molecule has 0 spiro atoms. The summed E-state index contributed by atoms with van der Waals surface area (Å²) in [6.45, 7) is 0.115. The number of hydrogen-bond donors (Lipinski definition) is 2. The first-order valence-electron chi connectivity index (χ1n) is 6.20. The average Bonchev–Trinajstić information content (AvgIpc) is 2.93. The Morgan fingerprint density at radius 3 is 2.90 bits per heavy atom. The van der Waals surface area contributed by atoms with Crippen LogP contribution in [0.5, 0.6) is 0 Å². The molecule has 0 saturated heterocycles. The number of H-pyrrole nitrogens is 1. The van der Waals surface area contributed by atoms with E-state index in [-0.39, 0.29) is 18.5 Å². The van der Waals surface area contributed by atoms with Gasteiger partial charge in [0.25, 0.3) is 5.91 Å². The van der Waals surface area contributed by atoms with Gasteiger partial charge in [0.2, 0.25) is 0 Å². The van der Waals surface area contributed by atoms with Crippen molar-refractivity contribution >= 4 is 11.9 Å². The van der Waals surface area contributed by atoms with Crippen molar-refractivity contribution in [1.29, 1.82) is 0 Å². The maximum absolute atomic E-state index is 12.4. The van der Waals surface area contributed by atoms with E-state index in [1.165, 1.54) is 17.3 Å². The minimum Gasteiger partial charge on any atom is -0.480 e. The molecule has 0 saturated carbocycles. The second-order valence-corrected chi connectivity index (χ2v) is 4.66. The van der Waals surface area contributed by atoms with Crippen LogP contribution < -0.4 is 5.63 Å². The van der Waals surface area contributed by atoms with Gasteiger partial charge in [-0.1, -0.05) is 0 Å². The van der Waals surface area contributed by atoms with Crippen LogP contribution in [0.1, 0.15) is 21.7 Å². The minimum atomic E-state index is -1.10. The van der Waals surface area contributed by atoms with Crippen molar-refractivity contribution in [1.82, 2.24) is 14.9 Å². The third-order valence-electron chi connectivity index (χ3n) is 3.39. The molecule has 0 radical (unpaired) electrons. The fourth-order valence-corrected chi connectivity index (χ4v) is 2.32. The van der Waals surface area contributed by atoms with Crippen LogP contribution in [0.25, 0.3) is 0 Å². The van der Waals surface area contributed by atoms with Gasteiger partial charge >= 0.3 is 11.6 Å². The summed E-state index contributed by atoms with van der Waals surface area (Å²) in [5.74, 6) is -1.61. The van der Waals surface area contributed by atoms with Crippen molar-refractivity contribution in [2.24, 2.45) is 0 Å². The molecule has 2 N–H and O–H groups in total. The van der Waals surface area contributed by atoms with E-state index in [2.05, 4.69) is 14.4 Å². The number of amides is 1. The highest BCUT2D eigenvalue weighted by atomic mass is 16.4. The number of aliphatic carboxylic acids is 1. The van der Waals surface area contributed by atoms with Gasteiger partial charge in [-0.25, -0.2) is 14.6 Å². The van der Waals surface area contributed by atoms with E-state index in [4.69, 9.17) is 0 Å². The number of carbonyl (C=O) groups is 2. The Kier molecular flexibility index (Phi) is 3.05. The van der Waals surface area contributed by atoms with Crippen molar-refractivity contribution in [3.63, 3.8) is 0 Å². The summed E-state index contributed by atoms with van der Waals surface area (Å²) < 4.78 is 4.65. The van der Waals surface area contributed by atoms with Crippen LogP contribution in [0.4, 0.5) is 0 Å². The Hall–Kier alpha value is -2.90. The van der Waals surface area contributed by atoms with Crippen LogP contribution in [-0.4, -0.2) is 37.9 Å². The molecule has 3 rings (SSSR count). The van der Waals surface area contributed by atoms with E-state index in [0.717, 1.165) is 12.3 Å². The zero-order valence-corrected chi connectivity index (χ0v) is 10.8. The number of carboxylic acid groups (broad SMARTS) is 1. The molecule has 2 aromatic heterocycles. The Balaban J connectivity index is 1.95. The third kappa shape index (κ3) is 2.31. The van der Waals surface area contributed by atoms with Crippen LogP contribution in [0.2, 0.25) is 0 Å². The van der Waals surface area contributed by atoms with Crippen LogP contribution in [-0.2, 0) is 17.8 Å². The molecule has 0 bridgehead atoms. The van der Waals surface area contributed by atoms with Crippen molar-refractivity contribution in [2.45, 2.75) is 19.0 Å². The van der Waals surface area contributed by atoms with Crippen LogP contribution in [0, 0.1) is 0 Å². The first-order chi connectivity index (χ1) is 10.1. The number of hydrogen-bond acceptors (Lipinski definition) is 5. The number of fused-ring (bicyclic) bond motifs is 1. The zero-order chi connectivity index (χ0) is 15.0. The van der Waals surface area contributed by atoms with E-state index in [9.17, 15) is 19.5 Å². The van der Waals surface area contributed by atoms with E-state index in [0.29, 0.717) is 11.4 Å². The second kappa shape index (κ2) is 4.89. The normalized spacial score (nSPS) is 17.3. The molecule has 3 heterocycles. The first kappa shape index (κ1) is 13.1. The van der Waals surface area contributed by atoms with E-state index < -0.39 is 23.5 Å². The SMILES string of the molecule is O=C(O)C1Cc2nc[nH]c2CN1C(=O)c1ccc(=O)oc1. The van der Waals surface area contributed by atoms with Crippen LogP contribution in [0.15, 0.2) is 33.9 Å². The van der Waals surface area contributed by atoms with Gasteiger partial charge in [-0.2, -0.15) is 0 Å². The lowest BCUT2D eigenvalue weighted by atomic mass is 10.0. The number of carboxylic acids is 1. The number of nitrogens with one attached hydrogen (secondary N) is 1. The number of nitrogens with zero attached hydrogens (tertiary/aromatic N) is 2. The van der Waals surface area contributed by atoms with Gasteiger partial charge < -0.3 is 19.4 Å². The molecule has 108 valence electrons. The van der Waals surface area contributed by atoms with Crippen molar-refractivity contribution < 1.29 is 19.1 Å². The monoisotopic (exact) mass is 289 g/mol. The number of carbonyl (C=O) groups excluding carboxylic acids is 1. The number of rotatable bonds is 2. The zero-order valence-electron chi connectivity index (χ0n) is 10.8. The maximum atomic E-state index is 12.4. The summed E-state index contributed by atoms with van der Waals surface area (Å²) in [6, 6.07) is 1.43. The highest BCUT2D eigenvalue weighted by Crippen LogP contribution is 2.22. The van der Waals surface area contributed by atoms with E-state index >= 15 is 0 Å². The quantitative estimate of drug-likeness (QED) is 0.804. The predicted octanol–water partition coefficient (Wildman–Crippen LogP) is 0.0146. The summed E-state index contributed by atoms with van der Waals surface area (Å²) in [7, 11) is 0. The lowest BCUT2D eigenvalue weighted by molar-refractivity contribution is -0.142. The van der Waals surface area contributed by atoms with Gasteiger partial charge in [0, 0.05) is 12.5 Å². The largest absolute Gasteiger partial charge is 0.480 e. The highest BCUT2D eigenvalue weighted by molar-refractivity contribution is 5.96. The van der Waals surface area contributed by atoms with Crippen molar-refractivity contribution in [3.8, 4) is 0 Å². The lowest BCUT2D eigenvalue weighted by Gasteiger charge is -2.32. The van der Waals surface area contributed by atoms with Gasteiger partial charge in [0.15, 0.2) is 0 Å². The topological polar surface area (TPSA) is 116 Å². The molecule has 1 unspecified atom stereocenters. The average molecular weight is 289 g/mol. The molecule has 0 aliphatic carbocycles. The smallest absolute Gasteiger partial charge is 0.335 e. The van der Waals surface area contributed by atoms with Crippen molar-refractivity contribution in [2.75, 3.05) is 0 Å². The molecule has 0 fully saturated rings. The number of imidazole rings is 1. The maximum Gasteiger partial charge on any atom is 0.335 e. The molecule has 2 aromatic rings. The van der Waals surface area contributed by atoms with E-state index in [1.807, 2.05) is 0 Å². The molecule has 8 nitrogen and oxygen atoms in total. The van der Waals surface area contributed by atoms with Gasteiger partial charge in [-0.05, 0) is 6.07 Å². The van der Waals surface area contributed by atoms with Crippen LogP contribution in [0.3, 0.4) is 0 Å². The Morgan fingerprint density at radius 1 is 1.43 bits per heavy atom. The summed E-state index contributed by atoms with van der Waals surface area (Å²) in [5.41, 5.74) is 0.906. The first-order valence-corrected chi connectivity index (χ1v) is 6.20. The summed E-state index contributed by atoms with van der Waals surface area (Å²) in [6.07, 6.45) is 2.64. The molecular formula is C13H11N3O5.